The lowest BCUT2D eigenvalue weighted by atomic mass is 10.2. The minimum absolute atomic E-state index is 0.00877. The van der Waals surface area contributed by atoms with Crippen molar-refractivity contribution in [3.8, 4) is 0 Å². The Kier molecular flexibility index (Phi) is 6.68. The van der Waals surface area contributed by atoms with E-state index in [1.54, 1.807) is 23.1 Å². The number of aliphatic hydroxyl groups is 1. The number of nitrogen functional groups attached to an aromatic ring is 1. The lowest BCUT2D eigenvalue weighted by Crippen LogP contribution is -2.33. The Hall–Kier alpha value is -1.81. The number of amides is 1. The van der Waals surface area contributed by atoms with E-state index in [0.29, 0.717) is 18.8 Å². The highest BCUT2D eigenvalue weighted by molar-refractivity contribution is 5.91. The first kappa shape index (κ1) is 15.2. The van der Waals surface area contributed by atoms with Crippen LogP contribution in [0.1, 0.15) is 25.3 Å². The van der Waals surface area contributed by atoms with Crippen molar-refractivity contribution >= 4 is 17.7 Å². The Morgan fingerprint density at radius 3 is 2.58 bits per heavy atom. The first-order valence-corrected chi connectivity index (χ1v) is 6.60. The molecule has 0 saturated carbocycles. The Bertz CT molecular complexity index is 413. The van der Waals surface area contributed by atoms with Gasteiger partial charge in [-0.2, -0.15) is 0 Å². The molecule has 0 fully saturated rings. The molecule has 19 heavy (non-hydrogen) atoms. The molecule has 0 unspecified atom stereocenters. The number of hydrogen-bond acceptors (Lipinski definition) is 3. The SMILES string of the molecule is CCCCN(CCO)C(=O)/C=C/c1ccc(N)cc1. The zero-order chi connectivity index (χ0) is 14.1. The predicted molar refractivity (Wildman–Crippen MR) is 78.5 cm³/mol. The van der Waals surface area contributed by atoms with Crippen LogP contribution in [-0.4, -0.2) is 35.6 Å². The van der Waals surface area contributed by atoms with Crippen LogP contribution in [0.5, 0.6) is 0 Å². The van der Waals surface area contributed by atoms with Gasteiger partial charge in [0.2, 0.25) is 5.91 Å². The van der Waals surface area contributed by atoms with E-state index in [9.17, 15) is 4.79 Å². The average molecular weight is 262 g/mol. The van der Waals surface area contributed by atoms with Crippen LogP contribution in [0.15, 0.2) is 30.3 Å². The molecule has 104 valence electrons. The van der Waals surface area contributed by atoms with Gasteiger partial charge in [-0.05, 0) is 30.2 Å². The summed E-state index contributed by atoms with van der Waals surface area (Å²) in [5, 5.41) is 8.97. The molecule has 0 spiro atoms. The topological polar surface area (TPSA) is 66.6 Å². The Labute approximate surface area is 114 Å². The number of hydrogen-bond donors (Lipinski definition) is 2. The van der Waals surface area contributed by atoms with Crippen LogP contribution < -0.4 is 5.73 Å². The zero-order valence-electron chi connectivity index (χ0n) is 11.4. The smallest absolute Gasteiger partial charge is 0.246 e. The van der Waals surface area contributed by atoms with Gasteiger partial charge in [0, 0.05) is 24.9 Å². The van der Waals surface area contributed by atoms with Gasteiger partial charge in [-0.15, -0.1) is 0 Å². The standard InChI is InChI=1S/C15H22N2O2/c1-2-3-10-17(11-12-18)15(19)9-6-13-4-7-14(16)8-5-13/h4-9,18H,2-3,10-12,16H2,1H3/b9-6+. The van der Waals surface area contributed by atoms with E-state index in [0.717, 1.165) is 18.4 Å². The van der Waals surface area contributed by atoms with E-state index < -0.39 is 0 Å². The van der Waals surface area contributed by atoms with E-state index in [2.05, 4.69) is 6.92 Å². The fourth-order valence-corrected chi connectivity index (χ4v) is 1.68. The number of benzene rings is 1. The lowest BCUT2D eigenvalue weighted by Gasteiger charge is -2.19. The number of anilines is 1. The lowest BCUT2D eigenvalue weighted by molar-refractivity contribution is -0.126. The van der Waals surface area contributed by atoms with Crippen molar-refractivity contribution in [1.29, 1.82) is 0 Å². The molecule has 3 N–H and O–H groups in total. The molecule has 0 bridgehead atoms. The van der Waals surface area contributed by atoms with Crippen LogP contribution in [0.2, 0.25) is 0 Å². The molecular weight excluding hydrogens is 240 g/mol. The number of carbonyl (C=O) groups is 1. The third kappa shape index (κ3) is 5.57. The largest absolute Gasteiger partial charge is 0.399 e. The van der Waals surface area contributed by atoms with Crippen molar-refractivity contribution in [2.45, 2.75) is 19.8 Å². The number of nitrogens with zero attached hydrogens (tertiary/aromatic N) is 1. The summed E-state index contributed by atoms with van der Waals surface area (Å²) in [6.07, 6.45) is 5.27. The molecule has 0 radical (unpaired) electrons. The van der Waals surface area contributed by atoms with E-state index >= 15 is 0 Å². The molecule has 0 aliphatic rings. The second-order valence-electron chi connectivity index (χ2n) is 4.40. The van der Waals surface area contributed by atoms with Crippen molar-refractivity contribution in [3.63, 3.8) is 0 Å². The fraction of sp³-hybridized carbons (Fsp3) is 0.400. The van der Waals surface area contributed by atoms with Gasteiger partial charge in [0.05, 0.1) is 6.61 Å². The third-order valence-electron chi connectivity index (χ3n) is 2.82. The maximum absolute atomic E-state index is 12.0. The van der Waals surface area contributed by atoms with Gasteiger partial charge in [0.15, 0.2) is 0 Å². The molecule has 1 amide bonds. The van der Waals surface area contributed by atoms with Crippen molar-refractivity contribution in [1.82, 2.24) is 4.90 Å². The fourth-order valence-electron chi connectivity index (χ4n) is 1.68. The number of rotatable bonds is 7. The molecule has 0 aliphatic heterocycles. The molecule has 0 heterocycles. The summed E-state index contributed by atoms with van der Waals surface area (Å²) in [4.78, 5) is 13.6. The first-order valence-electron chi connectivity index (χ1n) is 6.60. The summed E-state index contributed by atoms with van der Waals surface area (Å²) < 4.78 is 0. The molecule has 0 aliphatic carbocycles. The van der Waals surface area contributed by atoms with Crippen LogP contribution in [0, 0.1) is 0 Å². The first-order chi connectivity index (χ1) is 9.17. The Morgan fingerprint density at radius 2 is 2.00 bits per heavy atom. The minimum Gasteiger partial charge on any atom is -0.399 e. The highest BCUT2D eigenvalue weighted by Gasteiger charge is 2.08. The second kappa shape index (κ2) is 8.32. The Balaban J connectivity index is 2.61. The van der Waals surface area contributed by atoms with Gasteiger partial charge in [0.1, 0.15) is 0 Å². The zero-order valence-corrected chi connectivity index (χ0v) is 11.4. The van der Waals surface area contributed by atoms with Crippen molar-refractivity contribution in [2.24, 2.45) is 0 Å². The average Bonchev–Trinajstić information content (AvgIpc) is 2.42. The van der Waals surface area contributed by atoms with Gasteiger partial charge in [-0.1, -0.05) is 25.5 Å². The van der Waals surface area contributed by atoms with Gasteiger partial charge in [-0.25, -0.2) is 0 Å². The van der Waals surface area contributed by atoms with E-state index in [4.69, 9.17) is 10.8 Å². The van der Waals surface area contributed by atoms with Gasteiger partial charge in [0.25, 0.3) is 0 Å². The predicted octanol–water partition coefficient (Wildman–Crippen LogP) is 1.90. The molecule has 0 atom stereocenters. The summed E-state index contributed by atoms with van der Waals surface area (Å²) in [6.45, 7) is 3.13. The van der Waals surface area contributed by atoms with Gasteiger partial charge >= 0.3 is 0 Å². The quantitative estimate of drug-likeness (QED) is 0.582. The summed E-state index contributed by atoms with van der Waals surface area (Å²) in [5.74, 6) is -0.0701. The van der Waals surface area contributed by atoms with Gasteiger partial charge < -0.3 is 15.7 Å². The number of carbonyl (C=O) groups excluding carboxylic acids is 1. The molecule has 1 rings (SSSR count). The Morgan fingerprint density at radius 1 is 1.32 bits per heavy atom. The molecule has 4 heteroatoms. The van der Waals surface area contributed by atoms with Crippen LogP contribution in [-0.2, 0) is 4.79 Å². The van der Waals surface area contributed by atoms with Crippen LogP contribution in [0.25, 0.3) is 6.08 Å². The summed E-state index contributed by atoms with van der Waals surface area (Å²) in [6, 6.07) is 7.32. The van der Waals surface area contributed by atoms with Crippen LogP contribution >= 0.6 is 0 Å². The van der Waals surface area contributed by atoms with Crippen LogP contribution in [0.4, 0.5) is 5.69 Å². The van der Waals surface area contributed by atoms with Crippen LogP contribution in [0.3, 0.4) is 0 Å². The number of nitrogens with two attached hydrogens (primary N) is 1. The molecule has 1 aromatic rings. The van der Waals surface area contributed by atoms with E-state index in [-0.39, 0.29) is 12.5 Å². The number of unbranched alkanes of at least 4 members (excludes halogenated alkanes) is 1. The highest BCUT2D eigenvalue weighted by atomic mass is 16.3. The monoisotopic (exact) mass is 262 g/mol. The van der Waals surface area contributed by atoms with Crippen molar-refractivity contribution in [2.75, 3.05) is 25.4 Å². The van der Waals surface area contributed by atoms with Crippen molar-refractivity contribution < 1.29 is 9.90 Å². The van der Waals surface area contributed by atoms with E-state index in [1.807, 2.05) is 12.1 Å². The molecule has 1 aromatic carbocycles. The summed E-state index contributed by atoms with van der Waals surface area (Å²) >= 11 is 0. The third-order valence-corrected chi connectivity index (χ3v) is 2.82. The van der Waals surface area contributed by atoms with Crippen molar-refractivity contribution in [3.05, 3.63) is 35.9 Å². The maximum Gasteiger partial charge on any atom is 0.246 e. The normalized spacial score (nSPS) is 10.8. The summed E-state index contributed by atoms with van der Waals surface area (Å²) in [5.41, 5.74) is 7.23. The molecule has 0 aromatic heterocycles. The molecule has 0 saturated heterocycles. The summed E-state index contributed by atoms with van der Waals surface area (Å²) in [7, 11) is 0. The second-order valence-corrected chi connectivity index (χ2v) is 4.40. The molecule has 4 nitrogen and oxygen atoms in total. The number of aliphatic hydroxyl groups excluding tert-OH is 1. The minimum atomic E-state index is -0.0701. The highest BCUT2D eigenvalue weighted by Crippen LogP contribution is 2.07. The van der Waals surface area contributed by atoms with Gasteiger partial charge in [-0.3, -0.25) is 4.79 Å². The molecular formula is C15H22N2O2. The maximum atomic E-state index is 12.0. The van der Waals surface area contributed by atoms with E-state index in [1.165, 1.54) is 6.08 Å².